The quantitative estimate of drug-likeness (QED) is 0.189. The number of anilines is 5. The Hall–Kier alpha value is -4.40. The van der Waals surface area contributed by atoms with Crippen molar-refractivity contribution in [1.29, 1.82) is 0 Å². The molecule has 2 aromatic carbocycles. The lowest BCUT2D eigenvalue weighted by molar-refractivity contribution is -0.387. The molecule has 3 aromatic rings. The second-order valence-corrected chi connectivity index (χ2v) is 8.08. The summed E-state index contributed by atoms with van der Waals surface area (Å²) in [5, 5.41) is 19.6. The van der Waals surface area contributed by atoms with Gasteiger partial charge in [0.05, 0.1) is 43.2 Å². The zero-order chi connectivity index (χ0) is 27.4. The molecule has 0 radical (unpaired) electrons. The fourth-order valence-corrected chi connectivity index (χ4v) is 3.71. The minimum atomic E-state index is -4.88. The maximum absolute atomic E-state index is 14.0. The molecule has 4 rings (SSSR count). The number of nitro groups is 1. The molecule has 1 fully saturated rings. The molecule has 1 aliphatic rings. The Balaban J connectivity index is 1.67. The van der Waals surface area contributed by atoms with Gasteiger partial charge in [0.1, 0.15) is 22.9 Å². The summed E-state index contributed by atoms with van der Waals surface area (Å²) in [5.41, 5.74) is -1.41. The Kier molecular flexibility index (Phi) is 7.66. The first kappa shape index (κ1) is 26.7. The molecule has 1 aliphatic heterocycles. The lowest BCUT2D eigenvalue weighted by Gasteiger charge is -2.18. The highest BCUT2D eigenvalue weighted by atomic mass is 19.4. The average molecular weight is 538 g/mol. The van der Waals surface area contributed by atoms with E-state index in [9.17, 15) is 27.7 Å². The number of aromatic nitrogens is 2. The van der Waals surface area contributed by atoms with Gasteiger partial charge in [-0.3, -0.25) is 10.1 Å². The van der Waals surface area contributed by atoms with E-state index in [2.05, 4.69) is 25.9 Å². The Morgan fingerprint density at radius 1 is 1.11 bits per heavy atom. The van der Waals surface area contributed by atoms with Crippen LogP contribution in [0.4, 0.5) is 52.1 Å². The van der Waals surface area contributed by atoms with Crippen LogP contribution in [0.2, 0.25) is 0 Å². The van der Waals surface area contributed by atoms with Crippen LogP contribution in [0, 0.1) is 15.9 Å². The van der Waals surface area contributed by atoms with Gasteiger partial charge in [0, 0.05) is 36.7 Å². The van der Waals surface area contributed by atoms with E-state index in [4.69, 9.17) is 14.2 Å². The van der Waals surface area contributed by atoms with Crippen LogP contribution in [-0.4, -0.2) is 48.4 Å². The van der Waals surface area contributed by atoms with Crippen molar-refractivity contribution in [2.24, 2.45) is 0 Å². The summed E-state index contributed by atoms with van der Waals surface area (Å²) in [4.78, 5) is 17.8. The largest absolute Gasteiger partial charge is 0.494 e. The fraction of sp³-hybridized carbons (Fsp3) is 0.304. The smallest absolute Gasteiger partial charge is 0.421 e. The van der Waals surface area contributed by atoms with Crippen LogP contribution in [-0.2, 0) is 10.9 Å². The predicted molar refractivity (Wildman–Crippen MR) is 129 cm³/mol. The number of hydrogen-bond donors (Lipinski definition) is 3. The van der Waals surface area contributed by atoms with E-state index < -0.39 is 34.0 Å². The molecular weight excluding hydrogens is 516 g/mol. The number of hydrogen-bond acceptors (Lipinski definition) is 10. The molecule has 0 saturated carbocycles. The van der Waals surface area contributed by atoms with Gasteiger partial charge in [-0.05, 0) is 18.6 Å². The molecule has 1 saturated heterocycles. The van der Waals surface area contributed by atoms with Crippen molar-refractivity contribution in [2.75, 3.05) is 43.4 Å². The van der Waals surface area contributed by atoms with E-state index in [0.29, 0.717) is 43.0 Å². The molecule has 0 spiro atoms. The SMILES string of the molecule is COc1cc(NC2CCOC2)ccc1Nc1ncc(C(F)(F)F)c(Nc2cc([N+](=O)[O-])c(F)cc2OC)n1. The Bertz CT molecular complexity index is 1330. The fourth-order valence-electron chi connectivity index (χ4n) is 3.71. The molecule has 15 heteroatoms. The molecule has 3 N–H and O–H groups in total. The molecule has 1 aromatic heterocycles. The Morgan fingerprint density at radius 2 is 1.84 bits per heavy atom. The van der Waals surface area contributed by atoms with Gasteiger partial charge in [-0.1, -0.05) is 0 Å². The van der Waals surface area contributed by atoms with E-state index in [1.165, 1.54) is 7.11 Å². The van der Waals surface area contributed by atoms with Crippen molar-refractivity contribution < 1.29 is 36.7 Å². The van der Waals surface area contributed by atoms with Gasteiger partial charge in [0.15, 0.2) is 0 Å². The van der Waals surface area contributed by atoms with Gasteiger partial charge >= 0.3 is 11.9 Å². The highest BCUT2D eigenvalue weighted by Gasteiger charge is 2.36. The zero-order valence-electron chi connectivity index (χ0n) is 20.1. The highest BCUT2D eigenvalue weighted by molar-refractivity contribution is 5.72. The summed E-state index contributed by atoms with van der Waals surface area (Å²) in [6.45, 7) is 1.23. The van der Waals surface area contributed by atoms with Crippen LogP contribution >= 0.6 is 0 Å². The predicted octanol–water partition coefficient (Wildman–Crippen LogP) is 5.25. The van der Waals surface area contributed by atoms with Gasteiger partial charge in [-0.25, -0.2) is 4.98 Å². The molecule has 1 atom stereocenters. The summed E-state index contributed by atoms with van der Waals surface area (Å²) in [6.07, 6.45) is -3.49. The van der Waals surface area contributed by atoms with Gasteiger partial charge in [0.25, 0.3) is 0 Å². The number of nitro benzene ring substituents is 1. The van der Waals surface area contributed by atoms with Crippen LogP contribution < -0.4 is 25.4 Å². The number of ether oxygens (including phenoxy) is 3. The molecule has 11 nitrogen and oxygen atoms in total. The van der Waals surface area contributed by atoms with Gasteiger partial charge < -0.3 is 30.2 Å². The third kappa shape index (κ3) is 5.94. The van der Waals surface area contributed by atoms with Gasteiger partial charge in [-0.15, -0.1) is 0 Å². The minimum absolute atomic E-state index is 0.143. The van der Waals surface area contributed by atoms with E-state index in [-0.39, 0.29) is 23.4 Å². The average Bonchev–Trinajstić information content (AvgIpc) is 3.38. The number of benzene rings is 2. The maximum atomic E-state index is 14.0. The van der Waals surface area contributed by atoms with Crippen molar-refractivity contribution >= 4 is 34.5 Å². The standard InChI is InChI=1S/C23H22F4N6O5/c1-36-19-7-12(29-13-5-6-38-11-13)3-4-16(19)31-22-28-10-14(23(25,26)27)21(32-22)30-17-9-18(33(34)35)15(24)8-20(17)37-2/h3-4,7-10,13,29H,5-6,11H2,1-2H3,(H2,28,30,31,32). The summed E-state index contributed by atoms with van der Waals surface area (Å²) >= 11 is 0. The second-order valence-electron chi connectivity index (χ2n) is 8.08. The van der Waals surface area contributed by atoms with Crippen molar-refractivity contribution in [3.8, 4) is 11.5 Å². The highest BCUT2D eigenvalue weighted by Crippen LogP contribution is 2.39. The molecule has 202 valence electrons. The van der Waals surface area contributed by atoms with E-state index in [0.717, 1.165) is 19.2 Å². The lowest BCUT2D eigenvalue weighted by atomic mass is 10.2. The second kappa shape index (κ2) is 10.9. The summed E-state index contributed by atoms with van der Waals surface area (Å²) in [7, 11) is 2.56. The number of nitrogens with one attached hydrogen (secondary N) is 3. The Morgan fingerprint density at radius 3 is 2.47 bits per heavy atom. The van der Waals surface area contributed by atoms with Crippen LogP contribution in [0.15, 0.2) is 36.5 Å². The third-order valence-corrected chi connectivity index (χ3v) is 5.56. The molecular formula is C23H22F4N6O5. The summed E-state index contributed by atoms with van der Waals surface area (Å²) in [5.74, 6) is -2.11. The number of nitrogens with zero attached hydrogens (tertiary/aromatic N) is 3. The van der Waals surface area contributed by atoms with E-state index in [1.807, 2.05) is 0 Å². The number of alkyl halides is 3. The van der Waals surface area contributed by atoms with Crippen LogP contribution in [0.5, 0.6) is 11.5 Å². The zero-order valence-corrected chi connectivity index (χ0v) is 20.1. The van der Waals surface area contributed by atoms with E-state index in [1.54, 1.807) is 18.2 Å². The topological polar surface area (TPSA) is 133 Å². The summed E-state index contributed by atoms with van der Waals surface area (Å²) < 4.78 is 70.9. The molecule has 0 aliphatic carbocycles. The number of halogens is 4. The maximum Gasteiger partial charge on any atom is 0.421 e. The monoisotopic (exact) mass is 538 g/mol. The normalized spacial score (nSPS) is 15.2. The van der Waals surface area contributed by atoms with Crippen molar-refractivity contribution in [2.45, 2.75) is 18.6 Å². The van der Waals surface area contributed by atoms with Crippen LogP contribution in [0.1, 0.15) is 12.0 Å². The first-order chi connectivity index (χ1) is 18.1. The van der Waals surface area contributed by atoms with Crippen molar-refractivity contribution in [1.82, 2.24) is 9.97 Å². The molecule has 38 heavy (non-hydrogen) atoms. The molecule has 0 bridgehead atoms. The number of rotatable bonds is 9. The summed E-state index contributed by atoms with van der Waals surface area (Å²) in [6, 6.07) is 6.63. The number of methoxy groups -OCH3 is 2. The van der Waals surface area contributed by atoms with Gasteiger partial charge in [-0.2, -0.15) is 22.5 Å². The first-order valence-corrected chi connectivity index (χ1v) is 11.1. The first-order valence-electron chi connectivity index (χ1n) is 11.1. The third-order valence-electron chi connectivity index (χ3n) is 5.56. The molecule has 0 amide bonds. The molecule has 2 heterocycles. The Labute approximate surface area is 213 Å². The van der Waals surface area contributed by atoms with E-state index >= 15 is 0 Å². The van der Waals surface area contributed by atoms with Crippen molar-refractivity contribution in [3.63, 3.8) is 0 Å². The van der Waals surface area contributed by atoms with Gasteiger partial charge in [0.2, 0.25) is 11.8 Å². The van der Waals surface area contributed by atoms with Crippen molar-refractivity contribution in [3.05, 3.63) is 58.0 Å². The van der Waals surface area contributed by atoms with Crippen LogP contribution in [0.25, 0.3) is 0 Å². The lowest BCUT2D eigenvalue weighted by Crippen LogP contribution is -2.18. The molecule has 1 unspecified atom stereocenters. The van der Waals surface area contributed by atoms with Crippen LogP contribution in [0.3, 0.4) is 0 Å². The minimum Gasteiger partial charge on any atom is -0.494 e.